The van der Waals surface area contributed by atoms with Gasteiger partial charge in [0.15, 0.2) is 11.0 Å². The van der Waals surface area contributed by atoms with Gasteiger partial charge in [0, 0.05) is 18.0 Å². The summed E-state index contributed by atoms with van der Waals surface area (Å²) in [5.74, 6) is -0.260. The molecule has 4 aromatic rings. The summed E-state index contributed by atoms with van der Waals surface area (Å²) in [7, 11) is 0. The Hall–Kier alpha value is -3.66. The lowest BCUT2D eigenvalue weighted by molar-refractivity contribution is -0.141. The summed E-state index contributed by atoms with van der Waals surface area (Å²) < 4.78 is 46.6. The summed E-state index contributed by atoms with van der Waals surface area (Å²) in [4.78, 5) is 16.3. The van der Waals surface area contributed by atoms with Crippen molar-refractivity contribution in [2.75, 3.05) is 5.75 Å². The minimum Gasteiger partial charge on any atom is -0.460 e. The summed E-state index contributed by atoms with van der Waals surface area (Å²) in [6, 6.07) is 17.5. The van der Waals surface area contributed by atoms with Gasteiger partial charge in [-0.05, 0) is 35.9 Å². The van der Waals surface area contributed by atoms with Gasteiger partial charge in [-0.3, -0.25) is 14.3 Å². The van der Waals surface area contributed by atoms with Crippen LogP contribution in [0.3, 0.4) is 0 Å². The van der Waals surface area contributed by atoms with Gasteiger partial charge >= 0.3 is 12.1 Å². The maximum atomic E-state index is 13.3. The van der Waals surface area contributed by atoms with Crippen molar-refractivity contribution in [1.29, 1.82) is 0 Å². The maximum Gasteiger partial charge on any atom is 0.416 e. The van der Waals surface area contributed by atoms with Crippen LogP contribution in [0.5, 0.6) is 0 Å². The zero-order valence-corrected chi connectivity index (χ0v) is 17.9. The standard InChI is InChI=1S/C23H17F3N4O2S/c24-23(25,26)18-9-4-10-19(12-18)30-21(17-8-5-11-27-13-17)28-29-22(30)33-15-20(31)32-14-16-6-2-1-3-7-16/h1-13H,14-15H2. The summed E-state index contributed by atoms with van der Waals surface area (Å²) in [5, 5.41) is 8.51. The van der Waals surface area contributed by atoms with Crippen molar-refractivity contribution in [3.63, 3.8) is 0 Å². The van der Waals surface area contributed by atoms with E-state index in [-0.39, 0.29) is 23.2 Å². The monoisotopic (exact) mass is 470 g/mol. The molecule has 0 spiro atoms. The van der Waals surface area contributed by atoms with E-state index in [0.717, 1.165) is 29.5 Å². The average molecular weight is 470 g/mol. The number of rotatable bonds is 7. The third kappa shape index (κ3) is 5.58. The molecule has 168 valence electrons. The first-order chi connectivity index (χ1) is 15.9. The molecule has 2 aromatic heterocycles. The van der Waals surface area contributed by atoms with Crippen molar-refractivity contribution in [3.8, 4) is 17.1 Å². The second kappa shape index (κ2) is 9.86. The number of alkyl halides is 3. The van der Waals surface area contributed by atoms with Crippen molar-refractivity contribution in [3.05, 3.63) is 90.3 Å². The highest BCUT2D eigenvalue weighted by Gasteiger charge is 2.31. The third-order valence-corrected chi connectivity index (χ3v) is 5.45. The fourth-order valence-electron chi connectivity index (χ4n) is 3.00. The first kappa shape index (κ1) is 22.5. The number of carbonyl (C=O) groups is 1. The number of pyridine rings is 1. The number of benzene rings is 2. The van der Waals surface area contributed by atoms with Gasteiger partial charge in [0.1, 0.15) is 6.61 Å². The van der Waals surface area contributed by atoms with Crippen molar-refractivity contribution < 1.29 is 22.7 Å². The van der Waals surface area contributed by atoms with Crippen molar-refractivity contribution >= 4 is 17.7 Å². The molecule has 0 aliphatic heterocycles. The number of carbonyl (C=O) groups excluding carboxylic acids is 1. The lowest BCUT2D eigenvalue weighted by Crippen LogP contribution is -2.09. The predicted molar refractivity (Wildman–Crippen MR) is 117 cm³/mol. The highest BCUT2D eigenvalue weighted by atomic mass is 32.2. The molecule has 10 heteroatoms. The molecule has 0 bridgehead atoms. The summed E-state index contributed by atoms with van der Waals surface area (Å²) in [5.41, 5.74) is 0.834. The molecule has 4 rings (SSSR count). The van der Waals surface area contributed by atoms with Crippen LogP contribution in [0.4, 0.5) is 13.2 Å². The Bertz CT molecular complexity index is 1230. The Morgan fingerprint density at radius 1 is 1.00 bits per heavy atom. The second-order valence-corrected chi connectivity index (χ2v) is 7.81. The third-order valence-electron chi connectivity index (χ3n) is 4.55. The van der Waals surface area contributed by atoms with Crippen LogP contribution in [0.2, 0.25) is 0 Å². The van der Waals surface area contributed by atoms with E-state index in [1.54, 1.807) is 18.3 Å². The Morgan fingerprint density at radius 3 is 2.55 bits per heavy atom. The van der Waals surface area contributed by atoms with Gasteiger partial charge in [-0.15, -0.1) is 10.2 Å². The molecule has 33 heavy (non-hydrogen) atoms. The summed E-state index contributed by atoms with van der Waals surface area (Å²) in [6.45, 7) is 0.126. The molecule has 0 aliphatic carbocycles. The van der Waals surface area contributed by atoms with Crippen LogP contribution in [0, 0.1) is 0 Å². The highest BCUT2D eigenvalue weighted by Crippen LogP contribution is 2.33. The number of hydrogen-bond donors (Lipinski definition) is 0. The molecule has 0 fully saturated rings. The van der Waals surface area contributed by atoms with E-state index in [0.29, 0.717) is 11.4 Å². The number of hydrogen-bond acceptors (Lipinski definition) is 6. The highest BCUT2D eigenvalue weighted by molar-refractivity contribution is 7.99. The van der Waals surface area contributed by atoms with Gasteiger partial charge in [0.25, 0.3) is 0 Å². The molecule has 0 unspecified atom stereocenters. The predicted octanol–water partition coefficient (Wildman–Crippen LogP) is 5.18. The van der Waals surface area contributed by atoms with Crippen molar-refractivity contribution in [2.24, 2.45) is 0 Å². The molecule has 0 saturated carbocycles. The minimum atomic E-state index is -4.51. The first-order valence-corrected chi connectivity index (χ1v) is 10.8. The van der Waals surface area contributed by atoms with E-state index in [1.807, 2.05) is 30.3 Å². The second-order valence-electron chi connectivity index (χ2n) is 6.87. The molecule has 0 saturated heterocycles. The van der Waals surface area contributed by atoms with E-state index in [2.05, 4.69) is 15.2 Å². The Labute approximate surface area is 191 Å². The fourth-order valence-corrected chi connectivity index (χ4v) is 3.75. The lowest BCUT2D eigenvalue weighted by Gasteiger charge is -2.13. The number of nitrogens with zero attached hydrogens (tertiary/aromatic N) is 4. The Balaban J connectivity index is 1.59. The van der Waals surface area contributed by atoms with Crippen molar-refractivity contribution in [1.82, 2.24) is 19.7 Å². The quantitative estimate of drug-likeness (QED) is 0.274. The van der Waals surface area contributed by atoms with Crippen LogP contribution in [0.15, 0.2) is 84.3 Å². The van der Waals surface area contributed by atoms with E-state index in [4.69, 9.17) is 4.74 Å². The SMILES string of the molecule is O=C(CSc1nnc(-c2cccnc2)n1-c1cccc(C(F)(F)F)c1)OCc1ccccc1. The van der Waals surface area contributed by atoms with Crippen LogP contribution >= 0.6 is 11.8 Å². The van der Waals surface area contributed by atoms with Gasteiger partial charge in [0.2, 0.25) is 0 Å². The zero-order chi connectivity index (χ0) is 23.3. The van der Waals surface area contributed by atoms with Gasteiger partial charge in [-0.1, -0.05) is 48.2 Å². The molecule has 0 N–H and O–H groups in total. The van der Waals surface area contributed by atoms with E-state index in [9.17, 15) is 18.0 Å². The van der Waals surface area contributed by atoms with E-state index < -0.39 is 17.7 Å². The van der Waals surface area contributed by atoms with Crippen LogP contribution in [-0.4, -0.2) is 31.5 Å². The van der Waals surface area contributed by atoms with Crippen LogP contribution in [0.25, 0.3) is 17.1 Å². The molecule has 2 heterocycles. The van der Waals surface area contributed by atoms with Gasteiger partial charge in [-0.25, -0.2) is 0 Å². The Kier molecular flexibility index (Phi) is 6.74. The van der Waals surface area contributed by atoms with Crippen LogP contribution in [0.1, 0.15) is 11.1 Å². The largest absolute Gasteiger partial charge is 0.460 e. The summed E-state index contributed by atoms with van der Waals surface area (Å²) in [6.07, 6.45) is -1.39. The minimum absolute atomic E-state index is 0.0863. The van der Waals surface area contributed by atoms with Crippen molar-refractivity contribution in [2.45, 2.75) is 17.9 Å². The summed E-state index contributed by atoms with van der Waals surface area (Å²) >= 11 is 1.03. The number of halogens is 3. The van der Waals surface area contributed by atoms with Gasteiger partial charge < -0.3 is 4.74 Å². The number of thioether (sulfide) groups is 1. The molecule has 0 atom stereocenters. The zero-order valence-electron chi connectivity index (χ0n) is 17.1. The molecular weight excluding hydrogens is 453 g/mol. The number of esters is 1. The van der Waals surface area contributed by atoms with Crippen LogP contribution < -0.4 is 0 Å². The van der Waals surface area contributed by atoms with E-state index in [1.165, 1.54) is 22.9 Å². The van der Waals surface area contributed by atoms with E-state index >= 15 is 0 Å². The number of ether oxygens (including phenoxy) is 1. The van der Waals surface area contributed by atoms with Gasteiger partial charge in [0.05, 0.1) is 17.0 Å². The molecule has 6 nitrogen and oxygen atoms in total. The molecule has 0 aliphatic rings. The molecular formula is C23H17F3N4O2S. The maximum absolute atomic E-state index is 13.3. The fraction of sp³-hybridized carbons (Fsp3) is 0.130. The van der Waals surface area contributed by atoms with Crippen LogP contribution in [-0.2, 0) is 22.3 Å². The average Bonchev–Trinajstić information content (AvgIpc) is 3.26. The normalized spacial score (nSPS) is 11.4. The topological polar surface area (TPSA) is 69.9 Å². The molecule has 2 aromatic carbocycles. The number of aromatic nitrogens is 4. The Morgan fingerprint density at radius 2 is 1.82 bits per heavy atom. The first-order valence-electron chi connectivity index (χ1n) is 9.77. The lowest BCUT2D eigenvalue weighted by atomic mass is 10.2. The molecule has 0 amide bonds. The molecule has 0 radical (unpaired) electrons. The smallest absolute Gasteiger partial charge is 0.416 e. The van der Waals surface area contributed by atoms with Gasteiger partial charge in [-0.2, -0.15) is 13.2 Å².